The average molecular weight is 209 g/mol. The number of aryl methyl sites for hydroxylation is 1. The Morgan fingerprint density at radius 1 is 1.47 bits per heavy atom. The molecule has 1 aromatic rings. The van der Waals surface area contributed by atoms with Gasteiger partial charge >= 0.3 is 0 Å². The first-order chi connectivity index (χ1) is 6.96. The van der Waals surface area contributed by atoms with Gasteiger partial charge in [-0.05, 0) is 18.8 Å². The van der Waals surface area contributed by atoms with Crippen LogP contribution in [-0.4, -0.2) is 16.3 Å². The first-order valence-corrected chi connectivity index (χ1v) is 5.64. The van der Waals surface area contributed by atoms with Crippen LogP contribution in [0.3, 0.4) is 0 Å². The first kappa shape index (κ1) is 12.2. The zero-order valence-electron chi connectivity index (χ0n) is 10.6. The van der Waals surface area contributed by atoms with Crippen LogP contribution in [0.15, 0.2) is 6.20 Å². The zero-order valence-corrected chi connectivity index (χ0v) is 10.6. The predicted molar refractivity (Wildman–Crippen MR) is 63.7 cm³/mol. The van der Waals surface area contributed by atoms with Gasteiger partial charge in [0.2, 0.25) is 0 Å². The molecule has 1 rings (SSSR count). The number of nitrogens with zero attached hydrogens (tertiary/aromatic N) is 2. The summed E-state index contributed by atoms with van der Waals surface area (Å²) >= 11 is 0. The maximum absolute atomic E-state index is 4.23. The molecular weight excluding hydrogens is 186 g/mol. The van der Waals surface area contributed by atoms with E-state index in [4.69, 9.17) is 0 Å². The van der Waals surface area contributed by atoms with Crippen LogP contribution in [0.1, 0.15) is 38.4 Å². The molecule has 1 heterocycles. The van der Waals surface area contributed by atoms with Crippen molar-refractivity contribution in [2.75, 3.05) is 6.54 Å². The smallest absolute Gasteiger partial charge is 0.0537 e. The number of hydrogen-bond donors (Lipinski definition) is 1. The van der Waals surface area contributed by atoms with Gasteiger partial charge in [0, 0.05) is 31.4 Å². The lowest BCUT2D eigenvalue weighted by Gasteiger charge is -2.22. The highest BCUT2D eigenvalue weighted by atomic mass is 15.3. The molecular formula is C12H23N3. The van der Waals surface area contributed by atoms with Crippen LogP contribution in [0.4, 0.5) is 0 Å². The molecule has 0 aromatic carbocycles. The van der Waals surface area contributed by atoms with Crippen molar-refractivity contribution in [2.24, 2.45) is 12.5 Å². The van der Waals surface area contributed by atoms with Crippen molar-refractivity contribution in [3.63, 3.8) is 0 Å². The normalized spacial score (nSPS) is 12.1. The summed E-state index contributed by atoms with van der Waals surface area (Å²) in [5.74, 6) is 0. The van der Waals surface area contributed by atoms with E-state index in [0.29, 0.717) is 5.41 Å². The van der Waals surface area contributed by atoms with Gasteiger partial charge in [-0.3, -0.25) is 4.68 Å². The van der Waals surface area contributed by atoms with Gasteiger partial charge in [0.1, 0.15) is 0 Å². The summed E-state index contributed by atoms with van der Waals surface area (Å²) in [6, 6.07) is 0. The lowest BCUT2D eigenvalue weighted by atomic mass is 9.90. The first-order valence-electron chi connectivity index (χ1n) is 5.64. The largest absolute Gasteiger partial charge is 0.312 e. The second-order valence-electron chi connectivity index (χ2n) is 5.00. The van der Waals surface area contributed by atoms with E-state index in [2.05, 4.69) is 38.1 Å². The Balaban J connectivity index is 2.42. The fourth-order valence-corrected chi connectivity index (χ4v) is 1.38. The van der Waals surface area contributed by atoms with Crippen LogP contribution in [0.5, 0.6) is 0 Å². The summed E-state index contributed by atoms with van der Waals surface area (Å²) in [7, 11) is 1.98. The maximum atomic E-state index is 4.23. The lowest BCUT2D eigenvalue weighted by Crippen LogP contribution is -2.28. The molecule has 15 heavy (non-hydrogen) atoms. The molecule has 3 nitrogen and oxygen atoms in total. The number of hydrogen-bond acceptors (Lipinski definition) is 2. The van der Waals surface area contributed by atoms with E-state index in [9.17, 15) is 0 Å². The van der Waals surface area contributed by atoms with Crippen LogP contribution in [-0.2, 0) is 13.6 Å². The van der Waals surface area contributed by atoms with Crippen LogP contribution in [0.25, 0.3) is 0 Å². The van der Waals surface area contributed by atoms with Gasteiger partial charge in [-0.1, -0.05) is 20.8 Å². The van der Waals surface area contributed by atoms with Crippen molar-refractivity contribution in [3.8, 4) is 0 Å². The molecule has 3 heteroatoms. The lowest BCUT2D eigenvalue weighted by molar-refractivity contribution is 0.327. The molecule has 0 aliphatic carbocycles. The summed E-state index contributed by atoms with van der Waals surface area (Å²) in [6.45, 7) is 10.9. The molecule has 0 atom stereocenters. The van der Waals surface area contributed by atoms with Gasteiger partial charge in [-0.15, -0.1) is 0 Å². The van der Waals surface area contributed by atoms with E-state index in [0.717, 1.165) is 13.1 Å². The van der Waals surface area contributed by atoms with Crippen molar-refractivity contribution in [1.29, 1.82) is 0 Å². The third-order valence-electron chi connectivity index (χ3n) is 3.21. The maximum Gasteiger partial charge on any atom is 0.0537 e. The number of aromatic nitrogens is 2. The Bertz CT molecular complexity index is 313. The topological polar surface area (TPSA) is 29.9 Å². The van der Waals surface area contributed by atoms with Crippen molar-refractivity contribution >= 4 is 0 Å². The fourth-order valence-electron chi connectivity index (χ4n) is 1.38. The molecule has 0 bridgehead atoms. The molecule has 0 spiro atoms. The molecule has 0 amide bonds. The summed E-state index contributed by atoms with van der Waals surface area (Å²) in [6.07, 6.45) is 3.15. The summed E-state index contributed by atoms with van der Waals surface area (Å²) in [5.41, 5.74) is 2.93. The number of rotatable bonds is 5. The summed E-state index contributed by atoms with van der Waals surface area (Å²) < 4.78 is 1.92. The molecule has 86 valence electrons. The molecule has 0 aliphatic heterocycles. The van der Waals surface area contributed by atoms with E-state index in [1.807, 2.05) is 17.9 Å². The second kappa shape index (κ2) is 4.79. The van der Waals surface area contributed by atoms with Crippen molar-refractivity contribution in [2.45, 2.75) is 40.7 Å². The third kappa shape index (κ3) is 3.34. The summed E-state index contributed by atoms with van der Waals surface area (Å²) in [4.78, 5) is 0. The van der Waals surface area contributed by atoms with Crippen LogP contribution < -0.4 is 5.32 Å². The van der Waals surface area contributed by atoms with Crippen molar-refractivity contribution in [3.05, 3.63) is 17.5 Å². The highest BCUT2D eigenvalue weighted by Crippen LogP contribution is 2.18. The van der Waals surface area contributed by atoms with Crippen molar-refractivity contribution in [1.82, 2.24) is 15.1 Å². The fraction of sp³-hybridized carbons (Fsp3) is 0.750. The van der Waals surface area contributed by atoms with E-state index < -0.39 is 0 Å². The van der Waals surface area contributed by atoms with E-state index >= 15 is 0 Å². The molecule has 0 saturated heterocycles. The highest BCUT2D eigenvalue weighted by molar-refractivity contribution is 5.15. The van der Waals surface area contributed by atoms with Crippen LogP contribution in [0, 0.1) is 12.3 Å². The minimum absolute atomic E-state index is 0.385. The SMILES string of the molecule is CCC(C)(C)CNCc1cnn(C)c1C. The van der Waals surface area contributed by atoms with Gasteiger partial charge in [-0.2, -0.15) is 5.10 Å². The molecule has 0 unspecified atom stereocenters. The van der Waals surface area contributed by atoms with E-state index in [1.165, 1.54) is 17.7 Å². The van der Waals surface area contributed by atoms with Crippen LogP contribution in [0.2, 0.25) is 0 Å². The minimum Gasteiger partial charge on any atom is -0.312 e. The van der Waals surface area contributed by atoms with Gasteiger partial charge in [-0.25, -0.2) is 0 Å². The van der Waals surface area contributed by atoms with Crippen molar-refractivity contribution < 1.29 is 0 Å². The molecule has 0 aliphatic rings. The number of nitrogens with one attached hydrogen (secondary N) is 1. The average Bonchev–Trinajstić information content (AvgIpc) is 2.49. The van der Waals surface area contributed by atoms with Gasteiger partial charge < -0.3 is 5.32 Å². The van der Waals surface area contributed by atoms with E-state index in [1.54, 1.807) is 0 Å². The van der Waals surface area contributed by atoms with E-state index in [-0.39, 0.29) is 0 Å². The Labute approximate surface area is 92.9 Å². The standard InChI is InChI=1S/C12H23N3/c1-6-12(3,4)9-13-7-11-8-14-15(5)10(11)2/h8,13H,6-7,9H2,1-5H3. The monoisotopic (exact) mass is 209 g/mol. The Morgan fingerprint density at radius 3 is 2.60 bits per heavy atom. The second-order valence-corrected chi connectivity index (χ2v) is 5.00. The summed E-state index contributed by atoms with van der Waals surface area (Å²) in [5, 5.41) is 7.72. The van der Waals surface area contributed by atoms with Gasteiger partial charge in [0.05, 0.1) is 6.20 Å². The van der Waals surface area contributed by atoms with Gasteiger partial charge in [0.25, 0.3) is 0 Å². The minimum atomic E-state index is 0.385. The highest BCUT2D eigenvalue weighted by Gasteiger charge is 2.14. The zero-order chi connectivity index (χ0) is 11.5. The molecule has 0 saturated carbocycles. The Hall–Kier alpha value is -0.830. The Morgan fingerprint density at radius 2 is 2.13 bits per heavy atom. The van der Waals surface area contributed by atoms with Gasteiger partial charge in [0.15, 0.2) is 0 Å². The molecule has 0 fully saturated rings. The Kier molecular flexibility index (Phi) is 3.91. The molecule has 1 aromatic heterocycles. The molecule has 1 N–H and O–H groups in total. The molecule has 0 radical (unpaired) electrons. The predicted octanol–water partition coefficient (Wildman–Crippen LogP) is 2.25. The van der Waals surface area contributed by atoms with Crippen LogP contribution >= 0.6 is 0 Å². The third-order valence-corrected chi connectivity index (χ3v) is 3.21. The quantitative estimate of drug-likeness (QED) is 0.806.